The minimum Gasteiger partial charge on any atom is -0.359 e. The van der Waals surface area contributed by atoms with Crippen molar-refractivity contribution in [2.24, 2.45) is 11.3 Å². The van der Waals surface area contributed by atoms with Crippen molar-refractivity contribution >= 4 is 11.6 Å². The van der Waals surface area contributed by atoms with Crippen molar-refractivity contribution in [2.75, 3.05) is 5.32 Å². The summed E-state index contributed by atoms with van der Waals surface area (Å²) in [5.74, 6) is 0.291. The molecule has 0 aromatic carbocycles. The van der Waals surface area contributed by atoms with Gasteiger partial charge in [-0.3, -0.25) is 9.78 Å². The van der Waals surface area contributed by atoms with Gasteiger partial charge < -0.3 is 10.1 Å². The molecule has 2 bridgehead atoms. The summed E-state index contributed by atoms with van der Waals surface area (Å²) in [7, 11) is 0. The summed E-state index contributed by atoms with van der Waals surface area (Å²) in [6.07, 6.45) is 17.4. The summed E-state index contributed by atoms with van der Waals surface area (Å²) in [5, 5.41) is 3.05. The second-order valence-corrected chi connectivity index (χ2v) is 9.97. The lowest BCUT2D eigenvalue weighted by Gasteiger charge is -2.53. The van der Waals surface area contributed by atoms with Gasteiger partial charge in [-0.1, -0.05) is 37.3 Å². The summed E-state index contributed by atoms with van der Waals surface area (Å²) in [6.45, 7) is 6.54. The van der Waals surface area contributed by atoms with E-state index < -0.39 is 0 Å². The maximum atomic E-state index is 13.2. The van der Waals surface area contributed by atoms with Gasteiger partial charge in [0.15, 0.2) is 0 Å². The number of amides is 1. The molecule has 4 atom stereocenters. The molecule has 1 aromatic rings. The largest absolute Gasteiger partial charge is 0.359 e. The van der Waals surface area contributed by atoms with Gasteiger partial charge in [-0.15, -0.1) is 0 Å². The first kappa shape index (κ1) is 18.3. The number of fused-ring (bicyclic) bond motifs is 1. The Bertz CT molecular complexity index is 1050. The van der Waals surface area contributed by atoms with Gasteiger partial charge in [-0.05, 0) is 61.8 Å². The van der Waals surface area contributed by atoms with Crippen LogP contribution in [-0.2, 0) is 9.53 Å². The van der Waals surface area contributed by atoms with E-state index in [9.17, 15) is 4.79 Å². The second kappa shape index (κ2) is 6.04. The quantitative estimate of drug-likeness (QED) is 0.688. The summed E-state index contributed by atoms with van der Waals surface area (Å²) in [6, 6.07) is 3.72. The van der Waals surface area contributed by atoms with Gasteiger partial charge in [-0.2, -0.15) is 0 Å². The number of allylic oxidation sites excluding steroid dienone is 2. The Morgan fingerprint density at radius 1 is 1.30 bits per heavy atom. The number of ether oxygens (including phenoxy) is 1. The third kappa shape index (κ3) is 2.31. The van der Waals surface area contributed by atoms with Crippen LogP contribution >= 0.6 is 0 Å². The molecule has 30 heavy (non-hydrogen) atoms. The standard InChI is InChI=1S/C26H28N2O2/c1-17-5-6-18-14-19-9-10-24(2)21(23(29)28-20-4-3-13-27-16-20)7-8-22(24)26(19)12-11-25(18,15-17)30-26/h3-4,7,9,13-14,16,22H,1,5-6,8,10-12,15H2,2H3,(H,28,29)/t22-,24-,25-,26?/m1/s1. The van der Waals surface area contributed by atoms with E-state index in [0.717, 1.165) is 56.2 Å². The Hall–Kier alpha value is -2.46. The maximum Gasteiger partial charge on any atom is 0.251 e. The zero-order chi connectivity index (χ0) is 20.6. The molecule has 1 saturated carbocycles. The molecule has 3 aliphatic carbocycles. The van der Waals surface area contributed by atoms with Crippen LogP contribution in [0.3, 0.4) is 0 Å². The molecule has 1 amide bonds. The lowest BCUT2D eigenvalue weighted by atomic mass is 9.59. The topological polar surface area (TPSA) is 51.2 Å². The van der Waals surface area contributed by atoms with E-state index in [2.05, 4.69) is 42.0 Å². The number of aromatic nitrogens is 1. The van der Waals surface area contributed by atoms with Crippen molar-refractivity contribution < 1.29 is 9.53 Å². The van der Waals surface area contributed by atoms with Crippen molar-refractivity contribution in [2.45, 2.75) is 63.1 Å². The molecule has 4 nitrogen and oxygen atoms in total. The highest BCUT2D eigenvalue weighted by atomic mass is 16.5. The predicted molar refractivity (Wildman–Crippen MR) is 117 cm³/mol. The molecule has 2 spiro atoms. The van der Waals surface area contributed by atoms with Gasteiger partial charge in [0.1, 0.15) is 0 Å². The molecule has 1 saturated heterocycles. The van der Waals surface area contributed by atoms with Crippen LogP contribution in [0, 0.1) is 11.3 Å². The molecular weight excluding hydrogens is 372 g/mol. The molecule has 0 radical (unpaired) electrons. The minimum atomic E-state index is -0.263. The number of pyridine rings is 1. The van der Waals surface area contributed by atoms with Gasteiger partial charge in [0.05, 0.1) is 23.1 Å². The number of carbonyl (C=O) groups is 1. The van der Waals surface area contributed by atoms with Crippen molar-refractivity contribution in [3.8, 4) is 0 Å². The van der Waals surface area contributed by atoms with Crippen LogP contribution < -0.4 is 5.32 Å². The highest BCUT2D eigenvalue weighted by Crippen LogP contribution is 2.66. The highest BCUT2D eigenvalue weighted by molar-refractivity contribution is 6.05. The number of rotatable bonds is 2. The first-order valence-corrected chi connectivity index (χ1v) is 11.2. The van der Waals surface area contributed by atoms with Gasteiger partial charge in [-0.25, -0.2) is 0 Å². The monoisotopic (exact) mass is 400 g/mol. The van der Waals surface area contributed by atoms with Crippen LogP contribution in [0.1, 0.15) is 51.9 Å². The highest BCUT2D eigenvalue weighted by Gasteiger charge is 2.65. The molecule has 2 fully saturated rings. The van der Waals surface area contributed by atoms with Crippen molar-refractivity contribution in [3.05, 3.63) is 71.6 Å². The third-order valence-electron chi connectivity index (χ3n) is 8.38. The number of carbonyl (C=O) groups excluding carboxylic acids is 1. The summed E-state index contributed by atoms with van der Waals surface area (Å²) in [5.41, 5.74) is 5.17. The molecule has 1 N–H and O–H groups in total. The molecule has 4 heteroatoms. The van der Waals surface area contributed by atoms with Crippen LogP contribution in [0.15, 0.2) is 71.6 Å². The Kier molecular flexibility index (Phi) is 3.69. The predicted octanol–water partition coefficient (Wildman–Crippen LogP) is 5.27. The Morgan fingerprint density at radius 2 is 2.20 bits per heavy atom. The summed E-state index contributed by atoms with van der Waals surface area (Å²) < 4.78 is 7.10. The number of anilines is 1. The second-order valence-electron chi connectivity index (χ2n) is 9.97. The van der Waals surface area contributed by atoms with Crippen molar-refractivity contribution in [3.63, 3.8) is 0 Å². The molecule has 2 aliphatic heterocycles. The summed E-state index contributed by atoms with van der Waals surface area (Å²) in [4.78, 5) is 17.3. The van der Waals surface area contributed by atoms with E-state index >= 15 is 0 Å². The van der Waals surface area contributed by atoms with E-state index in [1.165, 1.54) is 16.7 Å². The molecule has 3 heterocycles. The Labute approximate surface area is 177 Å². The van der Waals surface area contributed by atoms with Crippen LogP contribution in [0.5, 0.6) is 0 Å². The van der Waals surface area contributed by atoms with E-state index in [1.54, 1.807) is 12.4 Å². The minimum absolute atomic E-state index is 0.00737. The van der Waals surface area contributed by atoms with E-state index in [-0.39, 0.29) is 22.5 Å². The van der Waals surface area contributed by atoms with Crippen molar-refractivity contribution in [1.82, 2.24) is 4.98 Å². The molecule has 1 unspecified atom stereocenters. The number of nitrogens with one attached hydrogen (secondary N) is 1. The third-order valence-corrected chi connectivity index (χ3v) is 8.38. The molecule has 6 rings (SSSR count). The fourth-order valence-electron chi connectivity index (χ4n) is 6.91. The van der Waals surface area contributed by atoms with Gasteiger partial charge >= 0.3 is 0 Å². The molecule has 5 aliphatic rings. The van der Waals surface area contributed by atoms with Crippen LogP contribution in [0.25, 0.3) is 0 Å². The first-order valence-electron chi connectivity index (χ1n) is 11.2. The van der Waals surface area contributed by atoms with E-state index in [0.29, 0.717) is 5.92 Å². The number of hydrogen-bond acceptors (Lipinski definition) is 3. The fraction of sp³-hybridized carbons (Fsp3) is 0.462. The van der Waals surface area contributed by atoms with Crippen LogP contribution in [0.2, 0.25) is 0 Å². The summed E-state index contributed by atoms with van der Waals surface area (Å²) >= 11 is 0. The number of nitrogens with zero attached hydrogens (tertiary/aromatic N) is 1. The van der Waals surface area contributed by atoms with Crippen LogP contribution in [-0.4, -0.2) is 22.1 Å². The normalized spacial score (nSPS) is 38.6. The zero-order valence-corrected chi connectivity index (χ0v) is 17.5. The van der Waals surface area contributed by atoms with Crippen molar-refractivity contribution in [1.29, 1.82) is 0 Å². The fourth-order valence-corrected chi connectivity index (χ4v) is 6.91. The molecule has 154 valence electrons. The number of hydrogen-bond donors (Lipinski definition) is 1. The average molecular weight is 401 g/mol. The van der Waals surface area contributed by atoms with Gasteiger partial charge in [0, 0.05) is 29.5 Å². The average Bonchev–Trinajstić information content (AvgIpc) is 3.24. The van der Waals surface area contributed by atoms with Gasteiger partial charge in [0.25, 0.3) is 5.91 Å². The Morgan fingerprint density at radius 3 is 3.03 bits per heavy atom. The lowest BCUT2D eigenvalue weighted by molar-refractivity contribution is -0.128. The maximum absolute atomic E-state index is 13.2. The van der Waals surface area contributed by atoms with E-state index in [1.807, 2.05) is 12.1 Å². The van der Waals surface area contributed by atoms with Gasteiger partial charge in [0.2, 0.25) is 0 Å². The van der Waals surface area contributed by atoms with Crippen LogP contribution in [0.4, 0.5) is 5.69 Å². The Balaban J connectivity index is 1.35. The SMILES string of the molecule is C=C1CCC2=CC3=CC[C@]4(C)C(C(=O)Nc5cccnc5)=CC[C@H]4C34CC[C@]2(C1)O4. The lowest BCUT2D eigenvalue weighted by Crippen LogP contribution is -2.53. The molecule has 1 aromatic heterocycles. The smallest absolute Gasteiger partial charge is 0.251 e. The first-order chi connectivity index (χ1) is 14.5. The zero-order valence-electron chi connectivity index (χ0n) is 17.5. The van der Waals surface area contributed by atoms with E-state index in [4.69, 9.17) is 4.74 Å². The molecular formula is C26H28N2O2.